The molecule has 1 aromatic rings. The minimum atomic E-state index is -0.839. The molecule has 0 spiro atoms. The Labute approximate surface area is 149 Å². The number of nitrogens with zero attached hydrogens (tertiary/aromatic N) is 3. The molecule has 0 aromatic carbocycles. The summed E-state index contributed by atoms with van der Waals surface area (Å²) in [5, 5.41) is 13.5. The van der Waals surface area contributed by atoms with E-state index in [2.05, 4.69) is 18.9 Å². The lowest BCUT2D eigenvalue weighted by Crippen LogP contribution is -2.55. The monoisotopic (exact) mass is 349 g/mol. The standard InChI is InChI=1S/C17H28BN3O4/c1-15(2,12-8-20(9-12)14(22)23)11-21-10-13(7-19-21)18-24-16(3,4)17(5,6)25-18/h7,10,12H,8-9,11H2,1-6H3,(H,22,23). The van der Waals surface area contributed by atoms with Gasteiger partial charge in [0.05, 0.1) is 11.2 Å². The first-order valence-corrected chi connectivity index (χ1v) is 8.77. The lowest BCUT2D eigenvalue weighted by Gasteiger charge is -2.46. The van der Waals surface area contributed by atoms with Crippen LogP contribution in [-0.2, 0) is 15.9 Å². The first kappa shape index (κ1) is 18.3. The van der Waals surface area contributed by atoms with Crippen molar-refractivity contribution in [1.29, 1.82) is 0 Å². The molecule has 1 aromatic heterocycles. The average molecular weight is 349 g/mol. The van der Waals surface area contributed by atoms with Gasteiger partial charge >= 0.3 is 13.2 Å². The number of carbonyl (C=O) groups is 1. The minimum Gasteiger partial charge on any atom is -0.465 e. The van der Waals surface area contributed by atoms with Gasteiger partial charge < -0.3 is 19.3 Å². The molecule has 2 aliphatic rings. The van der Waals surface area contributed by atoms with Crippen molar-refractivity contribution in [3.8, 4) is 0 Å². The number of aromatic nitrogens is 2. The Balaban J connectivity index is 1.64. The van der Waals surface area contributed by atoms with Gasteiger partial charge in [0.1, 0.15) is 0 Å². The molecule has 3 rings (SSSR count). The van der Waals surface area contributed by atoms with Gasteiger partial charge in [0.25, 0.3) is 0 Å². The van der Waals surface area contributed by atoms with Crippen molar-refractivity contribution in [3.05, 3.63) is 12.4 Å². The SMILES string of the molecule is CC(C)(Cn1cc(B2OC(C)(C)C(C)(C)O2)cn1)C1CN(C(=O)O)C1. The molecule has 0 aliphatic carbocycles. The Morgan fingerprint density at radius 1 is 1.32 bits per heavy atom. The summed E-state index contributed by atoms with van der Waals surface area (Å²) in [4.78, 5) is 12.4. The molecular formula is C17H28BN3O4. The van der Waals surface area contributed by atoms with Crippen molar-refractivity contribution in [1.82, 2.24) is 14.7 Å². The molecule has 0 radical (unpaired) electrons. The third-order valence-corrected chi connectivity index (χ3v) is 6.01. The number of hydrogen-bond donors (Lipinski definition) is 1. The van der Waals surface area contributed by atoms with Crippen LogP contribution in [0.25, 0.3) is 0 Å². The second kappa shape index (κ2) is 5.74. The van der Waals surface area contributed by atoms with Crippen LogP contribution in [0.15, 0.2) is 12.4 Å². The Hall–Kier alpha value is -1.54. The molecule has 0 unspecified atom stereocenters. The van der Waals surface area contributed by atoms with Gasteiger partial charge in [0.2, 0.25) is 0 Å². The van der Waals surface area contributed by atoms with Crippen LogP contribution in [0, 0.1) is 11.3 Å². The smallest absolute Gasteiger partial charge is 0.465 e. The quantitative estimate of drug-likeness (QED) is 0.839. The van der Waals surface area contributed by atoms with Crippen molar-refractivity contribution in [2.75, 3.05) is 13.1 Å². The van der Waals surface area contributed by atoms with E-state index in [-0.39, 0.29) is 16.6 Å². The van der Waals surface area contributed by atoms with Crippen molar-refractivity contribution >= 4 is 18.7 Å². The Bertz CT molecular complexity index is 649. The van der Waals surface area contributed by atoms with Gasteiger partial charge in [-0.15, -0.1) is 0 Å². The van der Waals surface area contributed by atoms with Crippen LogP contribution in [0.4, 0.5) is 4.79 Å². The van der Waals surface area contributed by atoms with E-state index in [4.69, 9.17) is 14.4 Å². The van der Waals surface area contributed by atoms with E-state index in [1.807, 2.05) is 38.6 Å². The van der Waals surface area contributed by atoms with Crippen LogP contribution in [0.3, 0.4) is 0 Å². The highest BCUT2D eigenvalue weighted by molar-refractivity contribution is 6.61. The van der Waals surface area contributed by atoms with Gasteiger partial charge in [0.15, 0.2) is 0 Å². The number of carboxylic acid groups (broad SMARTS) is 1. The molecule has 138 valence electrons. The molecule has 25 heavy (non-hydrogen) atoms. The molecule has 0 atom stereocenters. The second-order valence-corrected chi connectivity index (χ2v) is 8.93. The number of hydrogen-bond acceptors (Lipinski definition) is 4. The van der Waals surface area contributed by atoms with Crippen molar-refractivity contribution < 1.29 is 19.2 Å². The predicted octanol–water partition coefficient (Wildman–Crippen LogP) is 1.82. The van der Waals surface area contributed by atoms with Gasteiger partial charge in [-0.05, 0) is 33.1 Å². The molecule has 0 saturated carbocycles. The van der Waals surface area contributed by atoms with Crippen LogP contribution < -0.4 is 5.46 Å². The summed E-state index contributed by atoms with van der Waals surface area (Å²) >= 11 is 0. The van der Waals surface area contributed by atoms with Gasteiger partial charge in [0, 0.05) is 43.4 Å². The summed E-state index contributed by atoms with van der Waals surface area (Å²) in [5.74, 6) is 0.341. The molecule has 2 fully saturated rings. The molecule has 0 bridgehead atoms. The molecular weight excluding hydrogens is 321 g/mol. The fraction of sp³-hybridized carbons (Fsp3) is 0.765. The lowest BCUT2D eigenvalue weighted by molar-refractivity contribution is 0.00578. The van der Waals surface area contributed by atoms with Crippen molar-refractivity contribution in [3.63, 3.8) is 0 Å². The van der Waals surface area contributed by atoms with Gasteiger partial charge in [-0.3, -0.25) is 4.68 Å². The Morgan fingerprint density at radius 2 is 1.88 bits per heavy atom. The van der Waals surface area contributed by atoms with E-state index in [1.165, 1.54) is 4.90 Å². The fourth-order valence-corrected chi connectivity index (χ4v) is 3.24. The molecule has 2 aliphatic heterocycles. The number of rotatable bonds is 4. The number of likely N-dealkylation sites (tertiary alicyclic amines) is 1. The average Bonchev–Trinajstić information content (AvgIpc) is 2.89. The highest BCUT2D eigenvalue weighted by atomic mass is 16.7. The maximum atomic E-state index is 10.9. The zero-order valence-electron chi connectivity index (χ0n) is 15.9. The summed E-state index contributed by atoms with van der Waals surface area (Å²) in [7, 11) is -0.409. The van der Waals surface area contributed by atoms with Crippen LogP contribution in [0.2, 0.25) is 0 Å². The van der Waals surface area contributed by atoms with E-state index in [1.54, 1.807) is 6.20 Å². The third-order valence-electron chi connectivity index (χ3n) is 6.01. The third kappa shape index (κ3) is 3.29. The largest absolute Gasteiger partial charge is 0.498 e. The van der Waals surface area contributed by atoms with Crippen LogP contribution >= 0.6 is 0 Å². The van der Waals surface area contributed by atoms with Gasteiger partial charge in [-0.2, -0.15) is 5.10 Å². The predicted molar refractivity (Wildman–Crippen MR) is 94.8 cm³/mol. The van der Waals surface area contributed by atoms with Gasteiger partial charge in [-0.1, -0.05) is 13.8 Å². The van der Waals surface area contributed by atoms with E-state index in [0.29, 0.717) is 19.0 Å². The maximum absolute atomic E-state index is 10.9. The van der Waals surface area contributed by atoms with Crippen molar-refractivity contribution in [2.24, 2.45) is 11.3 Å². The first-order valence-electron chi connectivity index (χ1n) is 8.77. The Morgan fingerprint density at radius 3 is 2.40 bits per heavy atom. The fourth-order valence-electron chi connectivity index (χ4n) is 3.24. The van der Waals surface area contributed by atoms with Crippen LogP contribution in [-0.4, -0.2) is 57.3 Å². The Kier molecular flexibility index (Phi) is 4.19. The zero-order chi connectivity index (χ0) is 18.6. The normalized spacial score (nSPS) is 23.0. The van der Waals surface area contributed by atoms with Crippen LogP contribution in [0.1, 0.15) is 41.5 Å². The molecule has 3 heterocycles. The van der Waals surface area contributed by atoms with E-state index in [9.17, 15) is 4.79 Å². The molecule has 1 N–H and O–H groups in total. The summed E-state index contributed by atoms with van der Waals surface area (Å²) < 4.78 is 14.0. The van der Waals surface area contributed by atoms with Crippen molar-refractivity contribution in [2.45, 2.75) is 59.3 Å². The molecule has 1 amide bonds. The van der Waals surface area contributed by atoms with Gasteiger partial charge in [-0.25, -0.2) is 4.79 Å². The number of amides is 1. The molecule has 2 saturated heterocycles. The molecule has 7 nitrogen and oxygen atoms in total. The van der Waals surface area contributed by atoms with E-state index < -0.39 is 13.2 Å². The summed E-state index contributed by atoms with van der Waals surface area (Å²) in [6.45, 7) is 14.4. The topological polar surface area (TPSA) is 76.8 Å². The maximum Gasteiger partial charge on any atom is 0.498 e. The molecule has 8 heteroatoms. The minimum absolute atomic E-state index is 0.0365. The highest BCUT2D eigenvalue weighted by Crippen LogP contribution is 2.37. The van der Waals surface area contributed by atoms with Crippen LogP contribution in [0.5, 0.6) is 0 Å². The van der Waals surface area contributed by atoms with E-state index >= 15 is 0 Å². The summed E-state index contributed by atoms with van der Waals surface area (Å²) in [6, 6.07) is 0. The summed E-state index contributed by atoms with van der Waals surface area (Å²) in [6.07, 6.45) is 2.93. The highest BCUT2D eigenvalue weighted by Gasteiger charge is 2.52. The zero-order valence-corrected chi connectivity index (χ0v) is 15.9. The van der Waals surface area contributed by atoms with E-state index in [0.717, 1.165) is 12.0 Å². The second-order valence-electron chi connectivity index (χ2n) is 8.93. The summed E-state index contributed by atoms with van der Waals surface area (Å²) in [5.41, 5.74) is 0.136. The lowest BCUT2D eigenvalue weighted by atomic mass is 9.74. The first-order chi connectivity index (χ1) is 11.4.